The van der Waals surface area contributed by atoms with Gasteiger partial charge in [-0.2, -0.15) is 0 Å². The summed E-state index contributed by atoms with van der Waals surface area (Å²) >= 11 is 2.75. The summed E-state index contributed by atoms with van der Waals surface area (Å²) in [5.41, 5.74) is -0.298. The van der Waals surface area contributed by atoms with Gasteiger partial charge in [0.1, 0.15) is 11.2 Å². The Morgan fingerprint density at radius 3 is 2.64 bits per heavy atom. The standard InChI is InChI=1S/C20H20N2O4S2/c1-12(2)21-18(24)11-22-19(10-15(23)16-5-4-8-26-16)28-17(20(22)25)9-14-7-6-13(3)27-14/h4-10,12H,11H2,1-3H3,(H,21,24)/b17-9+,19-10-. The zero-order valence-corrected chi connectivity index (χ0v) is 17.4. The van der Waals surface area contributed by atoms with Gasteiger partial charge in [-0.3, -0.25) is 19.0 Å². The molecule has 3 aromatic heterocycles. The third-order valence-corrected chi connectivity index (χ3v) is 5.75. The van der Waals surface area contributed by atoms with E-state index in [2.05, 4.69) is 5.32 Å². The third-order valence-electron chi connectivity index (χ3n) is 3.74. The highest BCUT2D eigenvalue weighted by Gasteiger charge is 2.13. The van der Waals surface area contributed by atoms with Crippen LogP contribution in [0.25, 0.3) is 12.2 Å². The fraction of sp³-hybridized carbons (Fsp3) is 0.250. The molecule has 0 saturated carbocycles. The summed E-state index contributed by atoms with van der Waals surface area (Å²) in [5.74, 6) is -0.463. The van der Waals surface area contributed by atoms with Crippen molar-refractivity contribution in [1.82, 2.24) is 9.88 Å². The molecule has 3 rings (SSSR count). The van der Waals surface area contributed by atoms with Gasteiger partial charge in [0.05, 0.1) is 10.8 Å². The van der Waals surface area contributed by atoms with Gasteiger partial charge in [0.15, 0.2) is 5.76 Å². The van der Waals surface area contributed by atoms with Crippen LogP contribution in [0.4, 0.5) is 0 Å². The van der Waals surface area contributed by atoms with Crippen molar-refractivity contribution >= 4 is 46.5 Å². The Hall–Kier alpha value is -2.71. The van der Waals surface area contributed by atoms with Crippen molar-refractivity contribution in [3.8, 4) is 0 Å². The van der Waals surface area contributed by atoms with E-state index in [-0.39, 0.29) is 35.6 Å². The fourth-order valence-corrected chi connectivity index (χ4v) is 4.49. The molecule has 3 heterocycles. The van der Waals surface area contributed by atoms with Gasteiger partial charge < -0.3 is 9.73 Å². The van der Waals surface area contributed by atoms with Gasteiger partial charge in [0.2, 0.25) is 11.7 Å². The number of aryl methyl sites for hydroxylation is 1. The lowest BCUT2D eigenvalue weighted by molar-refractivity contribution is -0.122. The van der Waals surface area contributed by atoms with Gasteiger partial charge in [0, 0.05) is 21.9 Å². The van der Waals surface area contributed by atoms with Crippen LogP contribution >= 0.6 is 22.7 Å². The van der Waals surface area contributed by atoms with Crippen LogP contribution < -0.4 is 20.1 Å². The summed E-state index contributed by atoms with van der Waals surface area (Å²) in [7, 11) is 0. The normalized spacial score (nSPS) is 12.7. The zero-order valence-electron chi connectivity index (χ0n) is 15.7. The number of hydrogen-bond acceptors (Lipinski definition) is 6. The van der Waals surface area contributed by atoms with Crippen LogP contribution in [0.5, 0.6) is 0 Å². The average molecular weight is 417 g/mol. The number of carbonyl (C=O) groups is 2. The van der Waals surface area contributed by atoms with E-state index in [4.69, 9.17) is 4.42 Å². The molecule has 1 N–H and O–H groups in total. The number of thiophene rings is 1. The van der Waals surface area contributed by atoms with Crippen molar-refractivity contribution in [3.63, 3.8) is 0 Å². The molecule has 0 atom stereocenters. The molecular formula is C20H20N2O4S2. The quantitative estimate of drug-likeness (QED) is 0.622. The molecule has 0 radical (unpaired) electrons. The molecule has 6 nitrogen and oxygen atoms in total. The molecule has 0 aliphatic heterocycles. The van der Waals surface area contributed by atoms with E-state index >= 15 is 0 Å². The second kappa shape index (κ2) is 8.53. The molecular weight excluding hydrogens is 396 g/mol. The van der Waals surface area contributed by atoms with Crippen molar-refractivity contribution < 1.29 is 14.0 Å². The van der Waals surface area contributed by atoms with Gasteiger partial charge in [0.25, 0.3) is 5.56 Å². The van der Waals surface area contributed by atoms with Crippen LogP contribution in [0, 0.1) is 6.92 Å². The van der Waals surface area contributed by atoms with Gasteiger partial charge in [-0.25, -0.2) is 0 Å². The molecule has 0 fully saturated rings. The van der Waals surface area contributed by atoms with Crippen LogP contribution in [-0.4, -0.2) is 22.3 Å². The smallest absolute Gasteiger partial charge is 0.269 e. The molecule has 0 bridgehead atoms. The van der Waals surface area contributed by atoms with Crippen LogP contribution in [0.1, 0.15) is 34.2 Å². The van der Waals surface area contributed by atoms with E-state index in [0.29, 0.717) is 9.20 Å². The Morgan fingerprint density at radius 1 is 1.25 bits per heavy atom. The van der Waals surface area contributed by atoms with Gasteiger partial charge in [-0.05, 0) is 51.1 Å². The second-order valence-electron chi connectivity index (χ2n) is 6.50. The Balaban J connectivity index is 2.09. The maximum absolute atomic E-state index is 12.9. The van der Waals surface area contributed by atoms with Gasteiger partial charge in [-0.15, -0.1) is 22.7 Å². The number of thiazole rings is 1. The van der Waals surface area contributed by atoms with Crippen LogP contribution in [0.15, 0.2) is 39.7 Å². The van der Waals surface area contributed by atoms with Crippen molar-refractivity contribution in [2.24, 2.45) is 0 Å². The highest BCUT2D eigenvalue weighted by Crippen LogP contribution is 2.15. The predicted molar refractivity (Wildman–Crippen MR) is 111 cm³/mol. The topological polar surface area (TPSA) is 81.3 Å². The number of amides is 1. The number of hydrogen-bond donors (Lipinski definition) is 1. The molecule has 0 saturated heterocycles. The van der Waals surface area contributed by atoms with E-state index in [0.717, 1.165) is 9.75 Å². The summed E-state index contributed by atoms with van der Waals surface area (Å²) in [4.78, 5) is 39.6. The summed E-state index contributed by atoms with van der Waals surface area (Å²) in [6.07, 6.45) is 4.54. The minimum atomic E-state index is -0.359. The Morgan fingerprint density at radius 2 is 2.04 bits per heavy atom. The first-order chi connectivity index (χ1) is 13.3. The molecule has 28 heavy (non-hydrogen) atoms. The molecule has 0 aliphatic carbocycles. The number of ketones is 1. The number of Topliss-reactive ketones (excluding diaryl/α,β-unsaturated/α-hetero) is 1. The number of rotatable bonds is 6. The number of nitrogens with zero attached hydrogens (tertiary/aromatic N) is 1. The Kier molecular flexibility index (Phi) is 6.11. The van der Waals surface area contributed by atoms with Crippen molar-refractivity contribution in [2.45, 2.75) is 33.4 Å². The minimum Gasteiger partial charge on any atom is -0.461 e. The number of carbonyl (C=O) groups excluding carboxylic acids is 2. The lowest BCUT2D eigenvalue weighted by atomic mass is 10.3. The minimum absolute atomic E-state index is 0.0425. The van der Waals surface area contributed by atoms with E-state index in [9.17, 15) is 14.4 Å². The fourth-order valence-electron chi connectivity index (χ4n) is 2.57. The number of nitrogens with one attached hydrogen (secondary N) is 1. The van der Waals surface area contributed by atoms with E-state index in [1.54, 1.807) is 29.5 Å². The molecule has 0 aromatic carbocycles. The van der Waals surface area contributed by atoms with Crippen LogP contribution in [-0.2, 0) is 11.3 Å². The first kappa shape index (κ1) is 20.0. The first-order valence-corrected chi connectivity index (χ1v) is 10.3. The van der Waals surface area contributed by atoms with Crippen molar-refractivity contribution in [1.29, 1.82) is 0 Å². The largest absolute Gasteiger partial charge is 0.461 e. The average Bonchev–Trinajstić information content (AvgIpc) is 3.33. The highest BCUT2D eigenvalue weighted by atomic mass is 32.1. The summed E-state index contributed by atoms with van der Waals surface area (Å²) in [5, 5.41) is 2.77. The van der Waals surface area contributed by atoms with E-state index in [1.165, 1.54) is 28.2 Å². The molecule has 1 amide bonds. The van der Waals surface area contributed by atoms with E-state index in [1.807, 2.05) is 32.9 Å². The van der Waals surface area contributed by atoms with Gasteiger partial charge >= 0.3 is 0 Å². The Bertz CT molecular complexity index is 1160. The van der Waals surface area contributed by atoms with Crippen molar-refractivity contribution in [2.75, 3.05) is 0 Å². The molecule has 0 spiro atoms. The molecule has 8 heteroatoms. The maximum Gasteiger partial charge on any atom is 0.269 e. The number of furan rings is 1. The number of aromatic nitrogens is 1. The molecule has 0 unspecified atom stereocenters. The third kappa shape index (κ3) is 4.76. The predicted octanol–water partition coefficient (Wildman–Crippen LogP) is 1.89. The monoisotopic (exact) mass is 416 g/mol. The molecule has 0 aliphatic rings. The van der Waals surface area contributed by atoms with Crippen molar-refractivity contribution in [3.05, 3.63) is 65.6 Å². The lowest BCUT2D eigenvalue weighted by Gasteiger charge is -2.08. The van der Waals surface area contributed by atoms with Gasteiger partial charge in [-0.1, -0.05) is 0 Å². The van der Waals surface area contributed by atoms with Crippen LogP contribution in [0.2, 0.25) is 0 Å². The second-order valence-corrected chi connectivity index (χ2v) is 8.88. The van der Waals surface area contributed by atoms with E-state index < -0.39 is 0 Å². The summed E-state index contributed by atoms with van der Waals surface area (Å²) in [6.45, 7) is 5.54. The molecule has 146 valence electrons. The lowest BCUT2D eigenvalue weighted by Crippen LogP contribution is -2.40. The maximum atomic E-state index is 12.9. The first-order valence-electron chi connectivity index (χ1n) is 8.70. The Labute approximate surface area is 169 Å². The summed E-state index contributed by atoms with van der Waals surface area (Å²) < 4.78 is 7.33. The highest BCUT2D eigenvalue weighted by molar-refractivity contribution is 7.13. The zero-order chi connectivity index (χ0) is 20.3. The summed E-state index contributed by atoms with van der Waals surface area (Å²) in [6, 6.07) is 7.05. The SMILES string of the molecule is Cc1ccc(/C=c2/s/c(=C\C(=O)c3ccco3)n(CC(=O)NC(C)C)c2=O)s1. The molecule has 3 aromatic rings. The van der Waals surface area contributed by atoms with Crippen LogP contribution in [0.3, 0.4) is 0 Å².